The molecule has 0 fully saturated rings. The van der Waals surface area contributed by atoms with E-state index >= 15 is 0 Å². The lowest BCUT2D eigenvalue weighted by Crippen LogP contribution is -2.45. The van der Waals surface area contributed by atoms with E-state index in [9.17, 15) is 9.59 Å². The van der Waals surface area contributed by atoms with Crippen LogP contribution in [0.15, 0.2) is 84.9 Å². The third kappa shape index (κ3) is 6.31. The Morgan fingerprint density at radius 2 is 1.30 bits per heavy atom. The van der Waals surface area contributed by atoms with Gasteiger partial charge >= 0.3 is 13.1 Å². The Morgan fingerprint density at radius 1 is 0.788 bits per heavy atom. The second-order valence-electron chi connectivity index (χ2n) is 7.59. The Bertz CT molecular complexity index is 984. The van der Waals surface area contributed by atoms with Crippen molar-refractivity contribution in [2.75, 3.05) is 21.3 Å². The number of hydrogen-bond donors (Lipinski definition) is 1. The molecular weight excluding hydrogens is 417 g/mol. The number of ether oxygens (including phenoxy) is 1. The molecule has 3 aromatic rings. The number of amides is 1. The van der Waals surface area contributed by atoms with Crippen molar-refractivity contribution >= 4 is 24.5 Å². The number of esters is 1. The number of benzene rings is 3. The van der Waals surface area contributed by atoms with Gasteiger partial charge < -0.3 is 19.4 Å². The van der Waals surface area contributed by atoms with Crippen LogP contribution in [0.1, 0.15) is 22.6 Å². The smallest absolute Gasteiger partial charge is 0.467 e. The van der Waals surface area contributed by atoms with Crippen LogP contribution in [0.3, 0.4) is 0 Å². The molecule has 0 radical (unpaired) electrons. The van der Waals surface area contributed by atoms with Gasteiger partial charge in [0, 0.05) is 20.6 Å². The van der Waals surface area contributed by atoms with E-state index in [4.69, 9.17) is 14.0 Å². The fourth-order valence-corrected chi connectivity index (χ4v) is 3.79. The van der Waals surface area contributed by atoms with Gasteiger partial charge in [-0.3, -0.25) is 4.79 Å². The van der Waals surface area contributed by atoms with Crippen LogP contribution in [-0.2, 0) is 30.1 Å². The van der Waals surface area contributed by atoms with Gasteiger partial charge in [0.25, 0.3) is 0 Å². The van der Waals surface area contributed by atoms with Gasteiger partial charge in [0.15, 0.2) is 0 Å². The molecule has 7 heteroatoms. The second kappa shape index (κ2) is 12.0. The maximum absolute atomic E-state index is 13.4. The summed E-state index contributed by atoms with van der Waals surface area (Å²) >= 11 is 0. The highest BCUT2D eigenvalue weighted by atomic mass is 16.6. The summed E-state index contributed by atoms with van der Waals surface area (Å²) < 4.78 is 15.5. The Labute approximate surface area is 195 Å². The largest absolute Gasteiger partial charge is 0.493 e. The molecule has 0 aliphatic heterocycles. The van der Waals surface area contributed by atoms with Crippen LogP contribution >= 0.6 is 0 Å². The van der Waals surface area contributed by atoms with Gasteiger partial charge in [0.05, 0.1) is 13.0 Å². The van der Waals surface area contributed by atoms with E-state index in [2.05, 4.69) is 5.32 Å². The van der Waals surface area contributed by atoms with E-state index in [1.165, 1.54) is 7.11 Å². The van der Waals surface area contributed by atoms with Crippen LogP contribution in [0.25, 0.3) is 0 Å². The van der Waals surface area contributed by atoms with Gasteiger partial charge in [-0.1, -0.05) is 84.9 Å². The van der Waals surface area contributed by atoms with E-state index in [-0.39, 0.29) is 5.91 Å². The summed E-state index contributed by atoms with van der Waals surface area (Å²) in [6.45, 7) is 0. The highest BCUT2D eigenvalue weighted by Crippen LogP contribution is 2.25. The lowest BCUT2D eigenvalue weighted by molar-refractivity contribution is -0.145. The molecule has 0 unspecified atom stereocenters. The third-order valence-corrected chi connectivity index (χ3v) is 5.45. The van der Waals surface area contributed by atoms with Crippen molar-refractivity contribution in [2.45, 2.75) is 18.4 Å². The maximum Gasteiger partial charge on any atom is 0.493 e. The van der Waals surface area contributed by atoms with Crippen molar-refractivity contribution in [1.29, 1.82) is 0 Å². The van der Waals surface area contributed by atoms with Crippen LogP contribution in [-0.4, -0.2) is 46.4 Å². The van der Waals surface area contributed by atoms with Crippen molar-refractivity contribution in [2.24, 2.45) is 0 Å². The van der Waals surface area contributed by atoms with Gasteiger partial charge in [-0.2, -0.15) is 0 Å². The third-order valence-electron chi connectivity index (χ3n) is 5.45. The minimum atomic E-state index is -0.830. The molecule has 0 saturated heterocycles. The molecule has 1 atom stereocenters. The normalized spacial score (nSPS) is 11.6. The summed E-state index contributed by atoms with van der Waals surface area (Å²) in [5.74, 6) is -1.32. The van der Waals surface area contributed by atoms with Crippen LogP contribution in [0.4, 0.5) is 0 Å². The molecule has 1 N–H and O–H groups in total. The van der Waals surface area contributed by atoms with Gasteiger partial charge in [-0.15, -0.1) is 0 Å². The van der Waals surface area contributed by atoms with E-state index in [0.29, 0.717) is 6.42 Å². The number of hydrogen-bond acceptors (Lipinski definition) is 5. The average molecular weight is 445 g/mol. The summed E-state index contributed by atoms with van der Waals surface area (Å²) in [6.07, 6.45) is 0.291. The number of nitrogens with one attached hydrogen (secondary N) is 1. The maximum atomic E-state index is 13.4. The summed E-state index contributed by atoms with van der Waals surface area (Å²) in [5.41, 5.74) is 3.42. The van der Waals surface area contributed by atoms with E-state index in [1.54, 1.807) is 14.2 Å². The lowest BCUT2D eigenvalue weighted by Gasteiger charge is -2.22. The number of carbonyl (C=O) groups excluding carboxylic acids is 2. The first kappa shape index (κ1) is 24.2. The molecule has 0 bridgehead atoms. The Balaban J connectivity index is 1.82. The zero-order valence-electron chi connectivity index (χ0n) is 19.1. The molecule has 0 heterocycles. The molecule has 1 amide bonds. The summed E-state index contributed by atoms with van der Waals surface area (Å²) in [4.78, 5) is 26.0. The zero-order valence-corrected chi connectivity index (χ0v) is 19.1. The fourth-order valence-electron chi connectivity index (χ4n) is 3.79. The minimum Gasteiger partial charge on any atom is -0.467 e. The average Bonchev–Trinajstić information content (AvgIpc) is 2.86. The van der Waals surface area contributed by atoms with Crippen LogP contribution in [0.2, 0.25) is 0 Å². The molecule has 0 aromatic heterocycles. The van der Waals surface area contributed by atoms with Gasteiger partial charge in [0.1, 0.15) is 6.04 Å². The monoisotopic (exact) mass is 445 g/mol. The summed E-state index contributed by atoms with van der Waals surface area (Å²) in [5, 5.41) is 2.91. The molecule has 3 aromatic carbocycles. The van der Waals surface area contributed by atoms with Crippen molar-refractivity contribution in [3.05, 3.63) is 102 Å². The molecule has 170 valence electrons. The van der Waals surface area contributed by atoms with Gasteiger partial charge in [-0.25, -0.2) is 4.79 Å². The molecule has 0 aliphatic carbocycles. The van der Waals surface area contributed by atoms with Gasteiger partial charge in [0.2, 0.25) is 5.91 Å². The van der Waals surface area contributed by atoms with Crippen LogP contribution in [0.5, 0.6) is 0 Å². The van der Waals surface area contributed by atoms with Crippen molar-refractivity contribution in [1.82, 2.24) is 5.32 Å². The molecule has 3 rings (SSSR count). The standard InChI is InChI=1S/C26H28BNO5/c1-31-26(30)23(18-19-14-16-22(17-15-19)27(32-2)33-3)28-25(29)24(20-10-6-4-7-11-20)21-12-8-5-9-13-21/h4-17,23-24H,18H2,1-3H3,(H,28,29)/t23-/m1/s1. The number of rotatable bonds is 10. The zero-order chi connectivity index (χ0) is 23.6. The predicted octanol–water partition coefficient (Wildman–Crippen LogP) is 2.71. The first-order valence-electron chi connectivity index (χ1n) is 10.7. The van der Waals surface area contributed by atoms with Crippen molar-refractivity contribution in [3.8, 4) is 0 Å². The minimum absolute atomic E-state index is 0.266. The molecule has 6 nitrogen and oxygen atoms in total. The first-order valence-corrected chi connectivity index (χ1v) is 10.7. The number of methoxy groups -OCH3 is 1. The van der Waals surface area contributed by atoms with E-state index < -0.39 is 25.0 Å². The van der Waals surface area contributed by atoms with Crippen LogP contribution < -0.4 is 10.8 Å². The lowest BCUT2D eigenvalue weighted by atomic mass is 9.78. The van der Waals surface area contributed by atoms with E-state index in [1.807, 2.05) is 84.9 Å². The quantitative estimate of drug-likeness (QED) is 0.384. The Hall–Kier alpha value is -3.42. The molecule has 0 saturated carbocycles. The van der Waals surface area contributed by atoms with Crippen molar-refractivity contribution in [3.63, 3.8) is 0 Å². The van der Waals surface area contributed by atoms with Gasteiger partial charge in [-0.05, 0) is 22.2 Å². The van der Waals surface area contributed by atoms with Crippen LogP contribution in [0, 0.1) is 0 Å². The van der Waals surface area contributed by atoms with E-state index in [0.717, 1.165) is 22.2 Å². The summed E-state index contributed by atoms with van der Waals surface area (Å²) in [7, 11) is 3.99. The molecule has 0 spiro atoms. The molecule has 0 aliphatic rings. The second-order valence-corrected chi connectivity index (χ2v) is 7.59. The first-order chi connectivity index (χ1) is 16.1. The highest BCUT2D eigenvalue weighted by molar-refractivity contribution is 6.61. The molecular formula is C26H28BNO5. The Kier molecular flexibility index (Phi) is 8.81. The SMILES string of the molecule is COB(OC)c1ccc(C[C@@H](NC(=O)C(c2ccccc2)c2ccccc2)C(=O)OC)cc1. The topological polar surface area (TPSA) is 73.9 Å². The predicted molar refractivity (Wildman–Crippen MR) is 128 cm³/mol. The molecule has 33 heavy (non-hydrogen) atoms. The highest BCUT2D eigenvalue weighted by Gasteiger charge is 2.28. The summed E-state index contributed by atoms with van der Waals surface area (Å²) in [6, 6.07) is 25.7. The van der Waals surface area contributed by atoms with Crippen molar-refractivity contribution < 1.29 is 23.6 Å². The number of carbonyl (C=O) groups is 2. The Morgan fingerprint density at radius 3 is 1.76 bits per heavy atom. The fraction of sp³-hybridized carbons (Fsp3) is 0.231.